The number of aliphatic hydroxyl groups excluding tert-OH is 1. The minimum absolute atomic E-state index is 0.0221. The van der Waals surface area contributed by atoms with E-state index in [1.54, 1.807) is 17.0 Å². The van der Waals surface area contributed by atoms with Crippen LogP contribution in [0.3, 0.4) is 0 Å². The number of carbonyl (C=O) groups is 2. The number of aliphatic hydroxyl groups is 1. The maximum atomic E-state index is 13.7. The monoisotopic (exact) mass is 557 g/mol. The van der Waals surface area contributed by atoms with Crippen molar-refractivity contribution in [3.8, 4) is 5.75 Å². The summed E-state index contributed by atoms with van der Waals surface area (Å²) < 4.78 is 33.9. The molecule has 0 bridgehead atoms. The summed E-state index contributed by atoms with van der Waals surface area (Å²) in [7, 11) is -2.37. The highest BCUT2D eigenvalue weighted by Gasteiger charge is 2.41. The number of nitrogens with one attached hydrogen (secondary N) is 1. The molecular formula is C29H39N3O6S. The summed E-state index contributed by atoms with van der Waals surface area (Å²) in [6.45, 7) is 1.55. The normalized spacial score (nSPS) is 20.9. The van der Waals surface area contributed by atoms with Gasteiger partial charge in [0.2, 0.25) is 21.8 Å². The van der Waals surface area contributed by atoms with E-state index >= 15 is 0 Å². The van der Waals surface area contributed by atoms with Crippen LogP contribution in [0.15, 0.2) is 59.5 Å². The largest absolute Gasteiger partial charge is 0.497 e. The number of sulfonamides is 1. The fourth-order valence-electron chi connectivity index (χ4n) is 5.73. The highest BCUT2D eigenvalue weighted by atomic mass is 32.2. The van der Waals surface area contributed by atoms with Gasteiger partial charge in [0.05, 0.1) is 18.1 Å². The van der Waals surface area contributed by atoms with Gasteiger partial charge in [0.25, 0.3) is 0 Å². The lowest BCUT2D eigenvalue weighted by Gasteiger charge is -2.31. The van der Waals surface area contributed by atoms with Crippen molar-refractivity contribution in [3.63, 3.8) is 0 Å². The molecule has 0 radical (unpaired) electrons. The highest BCUT2D eigenvalue weighted by molar-refractivity contribution is 7.89. The molecule has 2 fully saturated rings. The zero-order valence-corrected chi connectivity index (χ0v) is 23.5. The minimum atomic E-state index is -3.89. The standard InChI is InChI=1S/C29H39N3O6S/c1-21(33)30-28-17-24(16-22-8-4-3-5-9-22)32(29(28)35)20-25(34)19-31(18-23-10-6-7-11-23)39(36,37)27-14-12-26(38-2)13-15-27/h3-5,8-9,12-15,23-25,28,34H,6-7,10-11,16-20H2,1-2H3,(H,30,33)/t24-,25?,28?/m0/s1. The molecule has 4 rings (SSSR count). The van der Waals surface area contributed by atoms with Crippen molar-refractivity contribution in [1.82, 2.24) is 14.5 Å². The van der Waals surface area contributed by atoms with Crippen LogP contribution >= 0.6 is 0 Å². The lowest BCUT2D eigenvalue weighted by molar-refractivity contribution is -0.134. The molecule has 1 heterocycles. The van der Waals surface area contributed by atoms with Gasteiger partial charge in [-0.2, -0.15) is 4.31 Å². The molecule has 2 aromatic rings. The van der Waals surface area contributed by atoms with E-state index in [1.807, 2.05) is 30.3 Å². The van der Waals surface area contributed by atoms with E-state index in [1.165, 1.54) is 30.5 Å². The van der Waals surface area contributed by atoms with Crippen molar-refractivity contribution in [3.05, 3.63) is 60.2 Å². The molecule has 2 amide bonds. The van der Waals surface area contributed by atoms with E-state index in [0.29, 0.717) is 25.1 Å². The number of rotatable bonds is 12. The van der Waals surface area contributed by atoms with Crippen LogP contribution in [0.4, 0.5) is 0 Å². The Labute approximate surface area is 231 Å². The van der Waals surface area contributed by atoms with Crippen molar-refractivity contribution in [2.75, 3.05) is 26.7 Å². The molecule has 9 nitrogen and oxygen atoms in total. The molecule has 1 aliphatic carbocycles. The number of likely N-dealkylation sites (tertiary alicyclic amines) is 1. The van der Waals surface area contributed by atoms with Gasteiger partial charge in [0.1, 0.15) is 11.8 Å². The summed E-state index contributed by atoms with van der Waals surface area (Å²) >= 11 is 0. The maximum absolute atomic E-state index is 13.7. The summed E-state index contributed by atoms with van der Waals surface area (Å²) in [5.41, 5.74) is 1.04. The molecule has 10 heteroatoms. The van der Waals surface area contributed by atoms with Crippen LogP contribution in [-0.4, -0.2) is 79.5 Å². The Balaban J connectivity index is 1.52. The van der Waals surface area contributed by atoms with Crippen LogP contribution < -0.4 is 10.1 Å². The minimum Gasteiger partial charge on any atom is -0.497 e. The van der Waals surface area contributed by atoms with Crippen LogP contribution in [0.2, 0.25) is 0 Å². The third-order valence-corrected chi connectivity index (χ3v) is 9.52. The molecule has 2 aliphatic rings. The topological polar surface area (TPSA) is 116 Å². The number of methoxy groups -OCH3 is 1. The van der Waals surface area contributed by atoms with E-state index in [0.717, 1.165) is 31.2 Å². The fourth-order valence-corrected chi connectivity index (χ4v) is 7.29. The molecule has 1 aliphatic heterocycles. The first-order chi connectivity index (χ1) is 18.7. The smallest absolute Gasteiger partial charge is 0.245 e. The second kappa shape index (κ2) is 12.9. The van der Waals surface area contributed by atoms with Gasteiger partial charge in [0.15, 0.2) is 0 Å². The summed E-state index contributed by atoms with van der Waals surface area (Å²) in [6.07, 6.45) is 3.94. The fraction of sp³-hybridized carbons (Fsp3) is 0.517. The lowest BCUT2D eigenvalue weighted by Crippen LogP contribution is -2.48. The van der Waals surface area contributed by atoms with Crippen molar-refractivity contribution >= 4 is 21.8 Å². The molecular weight excluding hydrogens is 518 g/mol. The first-order valence-electron chi connectivity index (χ1n) is 13.6. The Morgan fingerprint density at radius 3 is 2.41 bits per heavy atom. The van der Waals surface area contributed by atoms with E-state index in [2.05, 4.69) is 5.32 Å². The summed E-state index contributed by atoms with van der Waals surface area (Å²) in [5, 5.41) is 13.9. The van der Waals surface area contributed by atoms with E-state index in [9.17, 15) is 23.1 Å². The highest BCUT2D eigenvalue weighted by Crippen LogP contribution is 2.29. The van der Waals surface area contributed by atoms with Crippen molar-refractivity contribution in [1.29, 1.82) is 0 Å². The summed E-state index contributed by atoms with van der Waals surface area (Å²) in [6, 6.07) is 15.1. The molecule has 212 valence electrons. The number of β-amino-alcohol motifs (C(OH)–C–C–N with tert-alkyl or cyclic N) is 1. The number of carbonyl (C=O) groups excluding carboxylic acids is 2. The summed E-state index contributed by atoms with van der Waals surface area (Å²) in [4.78, 5) is 26.7. The Morgan fingerprint density at radius 2 is 1.79 bits per heavy atom. The first kappa shape index (κ1) is 29.0. The number of amides is 2. The Hall–Kier alpha value is -2.95. The maximum Gasteiger partial charge on any atom is 0.245 e. The van der Waals surface area contributed by atoms with Crippen LogP contribution in [-0.2, 0) is 26.0 Å². The van der Waals surface area contributed by atoms with E-state index < -0.39 is 22.2 Å². The van der Waals surface area contributed by atoms with Crippen LogP contribution in [0.5, 0.6) is 5.75 Å². The molecule has 0 spiro atoms. The van der Waals surface area contributed by atoms with E-state index in [-0.39, 0.29) is 41.8 Å². The average molecular weight is 558 g/mol. The molecule has 0 aromatic heterocycles. The Morgan fingerprint density at radius 1 is 1.13 bits per heavy atom. The second-order valence-corrected chi connectivity index (χ2v) is 12.6. The number of ether oxygens (including phenoxy) is 1. The van der Waals surface area contributed by atoms with Gasteiger partial charge in [-0.05, 0) is 61.4 Å². The van der Waals surface area contributed by atoms with Gasteiger partial charge in [-0.3, -0.25) is 9.59 Å². The van der Waals surface area contributed by atoms with Gasteiger partial charge >= 0.3 is 0 Å². The van der Waals surface area contributed by atoms with Crippen molar-refractivity contribution in [2.24, 2.45) is 5.92 Å². The molecule has 1 saturated heterocycles. The third-order valence-electron chi connectivity index (χ3n) is 7.68. The van der Waals surface area contributed by atoms with Gasteiger partial charge in [0, 0.05) is 32.6 Å². The predicted octanol–water partition coefficient (Wildman–Crippen LogP) is 2.59. The molecule has 2 unspecified atom stereocenters. The van der Waals surface area contributed by atoms with Gasteiger partial charge in [-0.15, -0.1) is 0 Å². The van der Waals surface area contributed by atoms with Crippen LogP contribution in [0.1, 0.15) is 44.6 Å². The second-order valence-electron chi connectivity index (χ2n) is 10.6. The van der Waals surface area contributed by atoms with E-state index in [4.69, 9.17) is 4.74 Å². The van der Waals surface area contributed by atoms with Gasteiger partial charge < -0.3 is 20.1 Å². The number of hydrogen-bond donors (Lipinski definition) is 2. The van der Waals surface area contributed by atoms with Crippen molar-refractivity contribution < 1.29 is 27.9 Å². The van der Waals surface area contributed by atoms with Crippen LogP contribution in [0, 0.1) is 5.92 Å². The molecule has 2 aromatic carbocycles. The quantitative estimate of drug-likeness (QED) is 0.415. The SMILES string of the molecule is COc1ccc(S(=O)(=O)N(CC(O)CN2C(=O)C(NC(C)=O)C[C@@H]2Cc2ccccc2)CC2CCCC2)cc1. The number of benzene rings is 2. The van der Waals surface area contributed by atoms with Gasteiger partial charge in [-0.1, -0.05) is 43.2 Å². The first-order valence-corrected chi connectivity index (χ1v) is 15.0. The van der Waals surface area contributed by atoms with Crippen LogP contribution in [0.25, 0.3) is 0 Å². The third kappa shape index (κ3) is 7.38. The van der Waals surface area contributed by atoms with Gasteiger partial charge in [-0.25, -0.2) is 8.42 Å². The molecule has 1 saturated carbocycles. The van der Waals surface area contributed by atoms with Crippen molar-refractivity contribution in [2.45, 2.75) is 68.5 Å². The average Bonchev–Trinajstić information content (AvgIpc) is 3.53. The molecule has 39 heavy (non-hydrogen) atoms. The Kier molecular flexibility index (Phi) is 9.63. The molecule has 3 atom stereocenters. The zero-order valence-electron chi connectivity index (χ0n) is 22.7. The lowest BCUT2D eigenvalue weighted by atomic mass is 10.0. The predicted molar refractivity (Wildman–Crippen MR) is 148 cm³/mol. The number of nitrogens with zero attached hydrogens (tertiary/aromatic N) is 2. The molecule has 2 N–H and O–H groups in total. The Bertz CT molecular complexity index is 1220. The number of hydrogen-bond acceptors (Lipinski definition) is 6. The summed E-state index contributed by atoms with van der Waals surface area (Å²) in [5.74, 6) is 0.240. The zero-order chi connectivity index (χ0) is 28.0.